The van der Waals surface area contributed by atoms with Crippen LogP contribution in [0.1, 0.15) is 85.6 Å². The first-order valence-electron chi connectivity index (χ1n) is 13.8. The number of nitrogens with one attached hydrogen (secondary N) is 1. The molecule has 0 radical (unpaired) electrons. The van der Waals surface area contributed by atoms with Gasteiger partial charge in [-0.1, -0.05) is 109 Å². The maximum atomic E-state index is 8.49. The lowest BCUT2D eigenvalue weighted by molar-refractivity contribution is 0.357. The van der Waals surface area contributed by atoms with E-state index in [-0.39, 0.29) is 0 Å². The number of rotatable bonds is 9. The monoisotopic (exact) mass is 503 g/mol. The summed E-state index contributed by atoms with van der Waals surface area (Å²) >= 11 is 0. The lowest BCUT2D eigenvalue weighted by atomic mass is 9.91. The van der Waals surface area contributed by atoms with Gasteiger partial charge in [0.1, 0.15) is 11.5 Å². The van der Waals surface area contributed by atoms with E-state index in [1.807, 2.05) is 61.5 Å². The van der Waals surface area contributed by atoms with Crippen LogP contribution in [0.4, 0.5) is 0 Å². The van der Waals surface area contributed by atoms with E-state index in [1.54, 1.807) is 6.92 Å². The van der Waals surface area contributed by atoms with E-state index >= 15 is 0 Å². The summed E-state index contributed by atoms with van der Waals surface area (Å²) in [6, 6.07) is 17.3. The van der Waals surface area contributed by atoms with E-state index in [9.17, 15) is 0 Å². The van der Waals surface area contributed by atoms with Gasteiger partial charge in [-0.05, 0) is 43.9 Å². The van der Waals surface area contributed by atoms with E-state index in [0.29, 0.717) is 29.1 Å². The van der Waals surface area contributed by atoms with Gasteiger partial charge < -0.3 is 15.9 Å². The first-order valence-corrected chi connectivity index (χ1v) is 13.8. The molecule has 2 aromatic carbocycles. The largest absolute Gasteiger partial charge is 0.457 e. The number of allylic oxidation sites excluding steroid dienone is 2. The molecule has 0 aliphatic heterocycles. The molecule has 3 N–H and O–H groups in total. The summed E-state index contributed by atoms with van der Waals surface area (Å²) in [6.07, 6.45) is 10.5. The second-order valence-corrected chi connectivity index (χ2v) is 9.77. The number of aliphatic imine (C=N–C) groups is 1. The SMILES string of the molecule is C=CN=C(C)/C(C(=N)Cc1ccccc1Oc1ccccc1)=C(\C)N.CCC.CC[C@@H](C)C1CCCC1. The summed E-state index contributed by atoms with van der Waals surface area (Å²) in [6.45, 7) is 16.2. The molecule has 4 nitrogen and oxygen atoms in total. The Labute approximate surface area is 226 Å². The molecule has 202 valence electrons. The van der Waals surface area contributed by atoms with Crippen molar-refractivity contribution in [3.8, 4) is 11.5 Å². The highest BCUT2D eigenvalue weighted by atomic mass is 16.5. The molecule has 0 heterocycles. The molecular weight excluding hydrogens is 454 g/mol. The molecule has 1 saturated carbocycles. The van der Waals surface area contributed by atoms with Gasteiger partial charge in [0, 0.05) is 40.9 Å². The van der Waals surface area contributed by atoms with Crippen molar-refractivity contribution in [2.24, 2.45) is 22.6 Å². The molecule has 1 aliphatic carbocycles. The van der Waals surface area contributed by atoms with E-state index in [4.69, 9.17) is 15.9 Å². The molecule has 0 saturated heterocycles. The van der Waals surface area contributed by atoms with Gasteiger partial charge in [-0.2, -0.15) is 0 Å². The van der Waals surface area contributed by atoms with E-state index in [0.717, 1.165) is 28.9 Å². The van der Waals surface area contributed by atoms with Gasteiger partial charge >= 0.3 is 0 Å². The Hall–Kier alpha value is -3.14. The van der Waals surface area contributed by atoms with Crippen LogP contribution in [-0.2, 0) is 6.42 Å². The van der Waals surface area contributed by atoms with E-state index < -0.39 is 0 Å². The van der Waals surface area contributed by atoms with Crippen LogP contribution in [0.15, 0.2) is 83.6 Å². The highest BCUT2D eigenvalue weighted by molar-refractivity contribution is 6.23. The fraction of sp³-hybridized carbons (Fsp3) is 0.455. The fourth-order valence-corrected chi connectivity index (χ4v) is 4.45. The van der Waals surface area contributed by atoms with Crippen molar-refractivity contribution in [3.63, 3.8) is 0 Å². The molecule has 0 unspecified atom stereocenters. The average molecular weight is 504 g/mol. The van der Waals surface area contributed by atoms with Crippen molar-refractivity contribution in [2.45, 2.75) is 86.5 Å². The third kappa shape index (κ3) is 11.6. The molecular formula is C33H49N3O. The standard InChI is InChI=1S/C21H23N3O.C9H18.C3H8/c1-4-24-16(3)21(15(2)22)19(23)14-17-10-8-9-13-20(17)25-18-11-6-5-7-12-18;1-3-8(2)9-6-4-5-7-9;1-3-2/h4-13,23H,1,14,22H2,2-3H3;8-9H,3-7H2,1-2H3;3H2,1-2H3/b21-15-,23-19?,24-16?;;/t;8-;/m.1./s1. The first kappa shape index (κ1) is 31.9. The zero-order chi connectivity index (χ0) is 27.6. The molecule has 0 aromatic heterocycles. The number of benzene rings is 2. The Morgan fingerprint density at radius 3 is 2.16 bits per heavy atom. The maximum Gasteiger partial charge on any atom is 0.131 e. The number of hydrogen-bond donors (Lipinski definition) is 2. The summed E-state index contributed by atoms with van der Waals surface area (Å²) < 4.78 is 5.97. The first-order chi connectivity index (χ1) is 17.8. The molecule has 0 spiro atoms. The predicted molar refractivity (Wildman–Crippen MR) is 162 cm³/mol. The highest BCUT2D eigenvalue weighted by Crippen LogP contribution is 2.32. The lowest BCUT2D eigenvalue weighted by Crippen LogP contribution is -2.17. The minimum Gasteiger partial charge on any atom is -0.457 e. The van der Waals surface area contributed by atoms with Crippen LogP contribution in [0.3, 0.4) is 0 Å². The van der Waals surface area contributed by atoms with Crippen molar-refractivity contribution >= 4 is 11.4 Å². The number of para-hydroxylation sites is 2. The molecule has 0 bridgehead atoms. The quantitative estimate of drug-likeness (QED) is 0.334. The van der Waals surface area contributed by atoms with Crippen molar-refractivity contribution in [2.75, 3.05) is 0 Å². The third-order valence-electron chi connectivity index (χ3n) is 6.50. The lowest BCUT2D eigenvalue weighted by Gasteiger charge is -2.15. The van der Waals surface area contributed by atoms with Gasteiger partial charge in [0.15, 0.2) is 0 Å². The number of hydrogen-bond acceptors (Lipinski definition) is 4. The van der Waals surface area contributed by atoms with Gasteiger partial charge in [0.25, 0.3) is 0 Å². The molecule has 1 fully saturated rings. The Morgan fingerprint density at radius 1 is 1.05 bits per heavy atom. The third-order valence-corrected chi connectivity index (χ3v) is 6.50. The van der Waals surface area contributed by atoms with Crippen LogP contribution in [0.25, 0.3) is 0 Å². The molecule has 0 amide bonds. The Balaban J connectivity index is 0.000000471. The molecule has 3 rings (SSSR count). The minimum absolute atomic E-state index is 0.396. The van der Waals surface area contributed by atoms with Crippen LogP contribution in [-0.4, -0.2) is 11.4 Å². The molecule has 1 atom stereocenters. The fourth-order valence-electron chi connectivity index (χ4n) is 4.45. The van der Waals surface area contributed by atoms with Crippen molar-refractivity contribution in [1.82, 2.24) is 0 Å². The number of ether oxygens (including phenoxy) is 1. The van der Waals surface area contributed by atoms with Crippen molar-refractivity contribution in [1.29, 1.82) is 5.41 Å². The normalized spacial score (nSPS) is 14.8. The second kappa shape index (κ2) is 18.2. The van der Waals surface area contributed by atoms with Crippen LogP contribution >= 0.6 is 0 Å². The second-order valence-electron chi connectivity index (χ2n) is 9.77. The zero-order valence-corrected chi connectivity index (χ0v) is 24.0. The Bertz CT molecular complexity index is 997. The van der Waals surface area contributed by atoms with Crippen molar-refractivity contribution < 1.29 is 4.74 Å². The van der Waals surface area contributed by atoms with Crippen LogP contribution < -0.4 is 10.5 Å². The summed E-state index contributed by atoms with van der Waals surface area (Å²) in [7, 11) is 0. The van der Waals surface area contributed by atoms with Crippen LogP contribution in [0.2, 0.25) is 0 Å². The van der Waals surface area contributed by atoms with Gasteiger partial charge in [-0.3, -0.25) is 4.99 Å². The summed E-state index contributed by atoms with van der Waals surface area (Å²) in [5.74, 6) is 3.56. The van der Waals surface area contributed by atoms with E-state index in [1.165, 1.54) is 44.7 Å². The topological polar surface area (TPSA) is 71.5 Å². The van der Waals surface area contributed by atoms with Crippen molar-refractivity contribution in [3.05, 3.63) is 84.2 Å². The molecule has 1 aliphatic rings. The number of nitrogens with two attached hydrogens (primary N) is 1. The maximum absolute atomic E-state index is 8.49. The van der Waals surface area contributed by atoms with Crippen LogP contribution in [0, 0.1) is 17.2 Å². The highest BCUT2D eigenvalue weighted by Gasteiger charge is 2.19. The molecule has 4 heteroatoms. The summed E-state index contributed by atoms with van der Waals surface area (Å²) in [5, 5.41) is 8.49. The average Bonchev–Trinajstić information content (AvgIpc) is 3.41. The van der Waals surface area contributed by atoms with Gasteiger partial charge in [0.2, 0.25) is 0 Å². The Morgan fingerprint density at radius 2 is 1.62 bits per heavy atom. The number of nitrogens with zero attached hydrogens (tertiary/aromatic N) is 1. The van der Waals surface area contributed by atoms with Gasteiger partial charge in [-0.25, -0.2) is 0 Å². The Kier molecular flexibility index (Phi) is 15.6. The predicted octanol–water partition coefficient (Wildman–Crippen LogP) is 9.52. The van der Waals surface area contributed by atoms with E-state index in [2.05, 4.69) is 39.3 Å². The zero-order valence-electron chi connectivity index (χ0n) is 24.0. The smallest absolute Gasteiger partial charge is 0.131 e. The molecule has 2 aromatic rings. The van der Waals surface area contributed by atoms with Crippen LogP contribution in [0.5, 0.6) is 11.5 Å². The van der Waals surface area contributed by atoms with Gasteiger partial charge in [-0.15, -0.1) is 0 Å². The minimum atomic E-state index is 0.396. The molecule has 37 heavy (non-hydrogen) atoms. The summed E-state index contributed by atoms with van der Waals surface area (Å²) in [4.78, 5) is 4.17. The van der Waals surface area contributed by atoms with Gasteiger partial charge in [0.05, 0.1) is 0 Å². The summed E-state index contributed by atoms with van der Waals surface area (Å²) in [5.41, 5.74) is 9.18.